The molecule has 0 saturated heterocycles. The van der Waals surface area contributed by atoms with Crippen LogP contribution in [0.1, 0.15) is 24.6 Å². The van der Waals surface area contributed by atoms with Gasteiger partial charge in [0.05, 0.1) is 10.2 Å². The van der Waals surface area contributed by atoms with Crippen molar-refractivity contribution in [1.82, 2.24) is 9.97 Å². The summed E-state index contributed by atoms with van der Waals surface area (Å²) >= 11 is 7.10. The van der Waals surface area contributed by atoms with Crippen LogP contribution in [-0.2, 0) is 6.42 Å². The Morgan fingerprint density at radius 3 is 2.55 bits per heavy atom. The molecule has 1 aromatic heterocycles. The highest BCUT2D eigenvalue weighted by Crippen LogP contribution is 2.29. The highest BCUT2D eigenvalue weighted by molar-refractivity contribution is 9.11. The molecule has 0 saturated carbocycles. The minimum atomic E-state index is 0.761. The van der Waals surface area contributed by atoms with Gasteiger partial charge < -0.3 is 5.32 Å². The molecule has 5 heteroatoms. The molecule has 2 rings (SSSR count). The maximum absolute atomic E-state index is 4.70. The minimum absolute atomic E-state index is 0.761. The molecule has 0 unspecified atom stereocenters. The van der Waals surface area contributed by atoms with Gasteiger partial charge in [0.2, 0.25) is 0 Å². The summed E-state index contributed by atoms with van der Waals surface area (Å²) in [6, 6.07) is 6.17. The van der Waals surface area contributed by atoms with Crippen molar-refractivity contribution in [3.63, 3.8) is 0 Å². The zero-order chi connectivity index (χ0) is 14.7. The minimum Gasteiger partial charge on any atom is -0.372 e. The lowest BCUT2D eigenvalue weighted by molar-refractivity contribution is 0.869. The SMILES string of the molecule is CCCc1nc(-c2ccc(Br)c(C)c2)nc(NC)c1Br. The molecule has 0 fully saturated rings. The van der Waals surface area contributed by atoms with E-state index in [9.17, 15) is 0 Å². The van der Waals surface area contributed by atoms with Gasteiger partial charge in [0.15, 0.2) is 5.82 Å². The zero-order valence-corrected chi connectivity index (χ0v) is 15.0. The third-order valence-electron chi connectivity index (χ3n) is 3.06. The van der Waals surface area contributed by atoms with E-state index in [1.54, 1.807) is 0 Å². The van der Waals surface area contributed by atoms with Crippen molar-refractivity contribution in [2.45, 2.75) is 26.7 Å². The second-order valence-corrected chi connectivity index (χ2v) is 6.27. The Balaban J connectivity index is 2.55. The van der Waals surface area contributed by atoms with Gasteiger partial charge >= 0.3 is 0 Å². The van der Waals surface area contributed by atoms with Crippen molar-refractivity contribution in [2.75, 3.05) is 12.4 Å². The van der Waals surface area contributed by atoms with E-state index in [0.717, 1.165) is 44.7 Å². The Morgan fingerprint density at radius 2 is 1.95 bits per heavy atom. The summed E-state index contributed by atoms with van der Waals surface area (Å²) in [6.07, 6.45) is 1.98. The predicted octanol–water partition coefficient (Wildman–Crippen LogP) is 4.97. The molecule has 1 N–H and O–H groups in total. The normalized spacial score (nSPS) is 10.7. The van der Waals surface area contributed by atoms with Crippen molar-refractivity contribution in [3.8, 4) is 11.4 Å². The van der Waals surface area contributed by atoms with Gasteiger partial charge in [0, 0.05) is 17.1 Å². The Morgan fingerprint density at radius 1 is 1.20 bits per heavy atom. The fraction of sp³-hybridized carbons (Fsp3) is 0.333. The van der Waals surface area contributed by atoms with Crippen molar-refractivity contribution in [2.24, 2.45) is 0 Å². The first kappa shape index (κ1) is 15.4. The van der Waals surface area contributed by atoms with Crippen LogP contribution in [0, 0.1) is 6.92 Å². The number of hydrogen-bond acceptors (Lipinski definition) is 3. The number of nitrogens with zero attached hydrogens (tertiary/aromatic N) is 2. The fourth-order valence-corrected chi connectivity index (χ4v) is 2.79. The van der Waals surface area contributed by atoms with Crippen LogP contribution in [0.4, 0.5) is 5.82 Å². The Labute approximate surface area is 136 Å². The van der Waals surface area contributed by atoms with E-state index in [-0.39, 0.29) is 0 Å². The van der Waals surface area contributed by atoms with E-state index in [1.165, 1.54) is 5.56 Å². The second-order valence-electron chi connectivity index (χ2n) is 4.62. The first-order valence-electron chi connectivity index (χ1n) is 6.57. The Kier molecular flexibility index (Phi) is 5.16. The molecule has 0 radical (unpaired) electrons. The van der Waals surface area contributed by atoms with Gasteiger partial charge in [-0.05, 0) is 47.0 Å². The molecule has 0 amide bonds. The predicted molar refractivity (Wildman–Crippen MR) is 91.1 cm³/mol. The van der Waals surface area contributed by atoms with Crippen LogP contribution in [0.2, 0.25) is 0 Å². The summed E-state index contributed by atoms with van der Waals surface area (Å²) < 4.78 is 2.06. The molecule has 0 bridgehead atoms. The van der Waals surface area contributed by atoms with Crippen molar-refractivity contribution in [3.05, 3.63) is 38.4 Å². The van der Waals surface area contributed by atoms with Crippen LogP contribution in [0.15, 0.2) is 27.1 Å². The van der Waals surface area contributed by atoms with Crippen LogP contribution < -0.4 is 5.32 Å². The Hall–Kier alpha value is -0.940. The van der Waals surface area contributed by atoms with Gasteiger partial charge in [0.1, 0.15) is 5.82 Å². The molecule has 3 nitrogen and oxygen atoms in total. The first-order chi connectivity index (χ1) is 9.56. The molecule has 0 atom stereocenters. The van der Waals surface area contributed by atoms with Crippen LogP contribution in [0.5, 0.6) is 0 Å². The molecule has 1 heterocycles. The van der Waals surface area contributed by atoms with Crippen molar-refractivity contribution in [1.29, 1.82) is 0 Å². The van der Waals surface area contributed by atoms with Crippen LogP contribution in [0.25, 0.3) is 11.4 Å². The molecular weight excluding hydrogens is 382 g/mol. The summed E-state index contributed by atoms with van der Waals surface area (Å²) in [6.45, 7) is 4.22. The maximum atomic E-state index is 4.70. The number of aryl methyl sites for hydroxylation is 2. The van der Waals surface area contributed by atoms with Gasteiger partial charge in [-0.25, -0.2) is 9.97 Å². The molecule has 2 aromatic rings. The molecule has 0 aliphatic carbocycles. The van der Waals surface area contributed by atoms with Crippen LogP contribution in [-0.4, -0.2) is 17.0 Å². The zero-order valence-electron chi connectivity index (χ0n) is 11.8. The van der Waals surface area contributed by atoms with Gasteiger partial charge in [0.25, 0.3) is 0 Å². The molecule has 0 aliphatic rings. The maximum Gasteiger partial charge on any atom is 0.161 e. The quantitative estimate of drug-likeness (QED) is 0.789. The van der Waals surface area contributed by atoms with E-state index in [0.29, 0.717) is 0 Å². The van der Waals surface area contributed by atoms with E-state index in [1.807, 2.05) is 19.2 Å². The lowest BCUT2D eigenvalue weighted by Gasteiger charge is -2.11. The monoisotopic (exact) mass is 397 g/mol. The topological polar surface area (TPSA) is 37.8 Å². The summed E-state index contributed by atoms with van der Waals surface area (Å²) in [5, 5.41) is 3.12. The van der Waals surface area contributed by atoms with Gasteiger partial charge in [-0.1, -0.05) is 35.3 Å². The van der Waals surface area contributed by atoms with Crippen LogP contribution in [0.3, 0.4) is 0 Å². The Bertz CT molecular complexity index is 627. The van der Waals surface area contributed by atoms with Gasteiger partial charge in [-0.3, -0.25) is 0 Å². The molecule has 1 aromatic carbocycles. The van der Waals surface area contributed by atoms with Crippen molar-refractivity contribution >= 4 is 37.7 Å². The van der Waals surface area contributed by atoms with E-state index in [2.05, 4.69) is 62.1 Å². The number of halogens is 2. The molecular formula is C15H17Br2N3. The number of rotatable bonds is 4. The highest BCUT2D eigenvalue weighted by Gasteiger charge is 2.12. The summed E-state index contributed by atoms with van der Waals surface area (Å²) in [5.41, 5.74) is 3.26. The molecule has 0 spiro atoms. The largest absolute Gasteiger partial charge is 0.372 e. The van der Waals surface area contributed by atoms with E-state index >= 15 is 0 Å². The number of anilines is 1. The summed E-state index contributed by atoms with van der Waals surface area (Å²) in [5.74, 6) is 1.59. The number of nitrogens with one attached hydrogen (secondary N) is 1. The standard InChI is InChI=1S/C15H17Br2N3/c1-4-5-12-13(17)15(18-3)20-14(19-12)10-6-7-11(16)9(2)8-10/h6-8H,4-5H2,1-3H3,(H,18,19,20). The second kappa shape index (κ2) is 6.68. The van der Waals surface area contributed by atoms with Gasteiger partial charge in [-0.15, -0.1) is 0 Å². The number of aromatic nitrogens is 2. The highest BCUT2D eigenvalue weighted by atomic mass is 79.9. The first-order valence-corrected chi connectivity index (χ1v) is 8.16. The smallest absolute Gasteiger partial charge is 0.161 e. The average Bonchev–Trinajstić information content (AvgIpc) is 2.44. The summed E-state index contributed by atoms with van der Waals surface area (Å²) in [7, 11) is 1.87. The molecule has 20 heavy (non-hydrogen) atoms. The molecule has 0 aliphatic heterocycles. The van der Waals surface area contributed by atoms with E-state index < -0.39 is 0 Å². The summed E-state index contributed by atoms with van der Waals surface area (Å²) in [4.78, 5) is 9.29. The fourth-order valence-electron chi connectivity index (χ4n) is 1.97. The average molecular weight is 399 g/mol. The van der Waals surface area contributed by atoms with E-state index in [4.69, 9.17) is 4.98 Å². The third kappa shape index (κ3) is 3.20. The number of benzene rings is 1. The lowest BCUT2D eigenvalue weighted by Crippen LogP contribution is -2.03. The van der Waals surface area contributed by atoms with Crippen molar-refractivity contribution < 1.29 is 0 Å². The lowest BCUT2D eigenvalue weighted by atomic mass is 10.1. The van der Waals surface area contributed by atoms with Gasteiger partial charge in [-0.2, -0.15) is 0 Å². The molecule has 106 valence electrons. The van der Waals surface area contributed by atoms with Crippen LogP contribution >= 0.6 is 31.9 Å². The third-order valence-corrected chi connectivity index (χ3v) is 4.78. The number of hydrogen-bond donors (Lipinski definition) is 1.